The van der Waals surface area contributed by atoms with Gasteiger partial charge in [0.05, 0.1) is 0 Å². The SMILES string of the molecule is OCCCSc1nnc(COc2ccc(F)cc2)o1. The van der Waals surface area contributed by atoms with Crippen molar-refractivity contribution in [3.05, 3.63) is 36.0 Å². The Morgan fingerprint density at radius 3 is 2.79 bits per heavy atom. The lowest BCUT2D eigenvalue weighted by molar-refractivity contribution is 0.252. The number of aliphatic hydroxyl groups is 1. The molecule has 0 atom stereocenters. The molecule has 2 aromatic rings. The third-order valence-electron chi connectivity index (χ3n) is 2.15. The van der Waals surface area contributed by atoms with Crippen molar-refractivity contribution in [3.63, 3.8) is 0 Å². The molecule has 1 N–H and O–H groups in total. The van der Waals surface area contributed by atoms with Gasteiger partial charge in [-0.2, -0.15) is 0 Å². The van der Waals surface area contributed by atoms with Crippen molar-refractivity contribution in [2.24, 2.45) is 0 Å². The summed E-state index contributed by atoms with van der Waals surface area (Å²) >= 11 is 1.38. The van der Waals surface area contributed by atoms with Gasteiger partial charge in [-0.25, -0.2) is 4.39 Å². The Bertz CT molecular complexity index is 504. The van der Waals surface area contributed by atoms with Crippen molar-refractivity contribution in [1.29, 1.82) is 0 Å². The second-order valence-corrected chi connectivity index (χ2v) is 4.68. The predicted molar refractivity (Wildman–Crippen MR) is 67.5 cm³/mol. The molecule has 2 rings (SSSR count). The number of aliphatic hydroxyl groups excluding tert-OH is 1. The molecule has 1 aromatic heterocycles. The van der Waals surface area contributed by atoms with Gasteiger partial charge in [0.2, 0.25) is 0 Å². The van der Waals surface area contributed by atoms with Crippen LogP contribution in [0.3, 0.4) is 0 Å². The number of thioether (sulfide) groups is 1. The van der Waals surface area contributed by atoms with Gasteiger partial charge >= 0.3 is 0 Å². The monoisotopic (exact) mass is 284 g/mol. The summed E-state index contributed by atoms with van der Waals surface area (Å²) < 4.78 is 23.4. The fraction of sp³-hybridized carbons (Fsp3) is 0.333. The zero-order chi connectivity index (χ0) is 13.5. The van der Waals surface area contributed by atoms with Crippen molar-refractivity contribution in [1.82, 2.24) is 10.2 Å². The van der Waals surface area contributed by atoms with E-state index >= 15 is 0 Å². The van der Waals surface area contributed by atoms with Gasteiger partial charge < -0.3 is 14.3 Å². The van der Waals surface area contributed by atoms with E-state index in [-0.39, 0.29) is 19.0 Å². The second kappa shape index (κ2) is 7.10. The highest BCUT2D eigenvalue weighted by atomic mass is 32.2. The van der Waals surface area contributed by atoms with Gasteiger partial charge in [0.15, 0.2) is 6.61 Å². The maximum absolute atomic E-state index is 12.7. The molecule has 0 aliphatic rings. The maximum Gasteiger partial charge on any atom is 0.276 e. The van der Waals surface area contributed by atoms with Crippen molar-refractivity contribution >= 4 is 11.8 Å². The predicted octanol–water partition coefficient (Wildman–Crippen LogP) is 2.26. The number of ether oxygens (including phenoxy) is 1. The van der Waals surface area contributed by atoms with Gasteiger partial charge in [-0.1, -0.05) is 11.8 Å². The molecule has 0 aliphatic heterocycles. The molecule has 1 aromatic carbocycles. The lowest BCUT2D eigenvalue weighted by Gasteiger charge is -2.02. The number of rotatable bonds is 7. The molecule has 0 spiro atoms. The number of hydrogen-bond donors (Lipinski definition) is 1. The summed E-state index contributed by atoms with van der Waals surface area (Å²) in [4.78, 5) is 0. The number of halogens is 1. The van der Waals surface area contributed by atoms with E-state index in [4.69, 9.17) is 14.3 Å². The van der Waals surface area contributed by atoms with Gasteiger partial charge in [0.1, 0.15) is 11.6 Å². The highest BCUT2D eigenvalue weighted by molar-refractivity contribution is 7.99. The lowest BCUT2D eigenvalue weighted by Crippen LogP contribution is -1.95. The molecule has 5 nitrogen and oxygen atoms in total. The van der Waals surface area contributed by atoms with E-state index in [0.29, 0.717) is 23.3 Å². The van der Waals surface area contributed by atoms with Crippen LogP contribution in [0.2, 0.25) is 0 Å². The molecule has 0 aliphatic carbocycles. The van der Waals surface area contributed by atoms with Gasteiger partial charge in [-0.3, -0.25) is 0 Å². The fourth-order valence-electron chi connectivity index (χ4n) is 1.25. The summed E-state index contributed by atoms with van der Waals surface area (Å²) in [6.45, 7) is 0.279. The summed E-state index contributed by atoms with van der Waals surface area (Å²) in [7, 11) is 0. The number of hydrogen-bond acceptors (Lipinski definition) is 6. The van der Waals surface area contributed by atoms with Crippen molar-refractivity contribution in [2.45, 2.75) is 18.3 Å². The first-order valence-corrected chi connectivity index (χ1v) is 6.71. The quantitative estimate of drug-likeness (QED) is 0.621. The summed E-state index contributed by atoms with van der Waals surface area (Å²) in [5.41, 5.74) is 0. The molecule has 0 fully saturated rings. The molecule has 7 heteroatoms. The summed E-state index contributed by atoms with van der Waals surface area (Å²) in [5, 5.41) is 16.8. The minimum Gasteiger partial charge on any atom is -0.484 e. The first kappa shape index (κ1) is 13.8. The van der Waals surface area contributed by atoms with Crippen molar-refractivity contribution < 1.29 is 18.7 Å². The highest BCUT2D eigenvalue weighted by Crippen LogP contribution is 2.18. The number of benzene rings is 1. The zero-order valence-corrected chi connectivity index (χ0v) is 10.9. The standard InChI is InChI=1S/C12H13FN2O3S/c13-9-2-4-10(5-3-9)17-8-11-14-15-12(18-11)19-7-1-6-16/h2-5,16H,1,6-8H2. The van der Waals surface area contributed by atoms with Crippen LogP contribution in [0.5, 0.6) is 5.75 Å². The van der Waals surface area contributed by atoms with E-state index in [9.17, 15) is 4.39 Å². The van der Waals surface area contributed by atoms with Gasteiger partial charge in [0, 0.05) is 12.4 Å². The van der Waals surface area contributed by atoms with E-state index in [1.807, 2.05) is 0 Å². The van der Waals surface area contributed by atoms with E-state index < -0.39 is 0 Å². The fourth-order valence-corrected chi connectivity index (χ4v) is 1.96. The van der Waals surface area contributed by atoms with Crippen LogP contribution in [0.25, 0.3) is 0 Å². The van der Waals surface area contributed by atoms with Crippen LogP contribution in [-0.4, -0.2) is 27.7 Å². The lowest BCUT2D eigenvalue weighted by atomic mass is 10.3. The van der Waals surface area contributed by atoms with E-state index in [1.54, 1.807) is 0 Å². The van der Waals surface area contributed by atoms with E-state index in [2.05, 4.69) is 10.2 Å². The smallest absolute Gasteiger partial charge is 0.276 e. The summed E-state index contributed by atoms with van der Waals surface area (Å²) in [5.74, 6) is 1.30. The Morgan fingerprint density at radius 1 is 1.26 bits per heavy atom. The van der Waals surface area contributed by atoms with Crippen LogP contribution >= 0.6 is 11.8 Å². The van der Waals surface area contributed by atoms with Gasteiger partial charge in [-0.15, -0.1) is 10.2 Å². The average Bonchev–Trinajstić information content (AvgIpc) is 2.86. The molecule has 0 bridgehead atoms. The molecule has 1 heterocycles. The van der Waals surface area contributed by atoms with Crippen LogP contribution < -0.4 is 4.74 Å². The van der Waals surface area contributed by atoms with Crippen LogP contribution in [0.15, 0.2) is 33.9 Å². The molecule has 19 heavy (non-hydrogen) atoms. The largest absolute Gasteiger partial charge is 0.484 e. The minimum atomic E-state index is -0.312. The Kier molecular flexibility index (Phi) is 5.17. The van der Waals surface area contributed by atoms with Crippen LogP contribution in [-0.2, 0) is 6.61 Å². The number of aromatic nitrogens is 2. The molecule has 102 valence electrons. The number of nitrogens with zero attached hydrogens (tertiary/aromatic N) is 2. The van der Waals surface area contributed by atoms with E-state index in [1.165, 1.54) is 36.0 Å². The first-order chi connectivity index (χ1) is 9.28. The molecule has 0 unspecified atom stereocenters. The molecule has 0 saturated heterocycles. The Morgan fingerprint density at radius 2 is 2.05 bits per heavy atom. The van der Waals surface area contributed by atoms with Crippen LogP contribution in [0, 0.1) is 5.82 Å². The zero-order valence-electron chi connectivity index (χ0n) is 10.1. The van der Waals surface area contributed by atoms with Crippen LogP contribution in [0.1, 0.15) is 12.3 Å². The van der Waals surface area contributed by atoms with Gasteiger partial charge in [-0.05, 0) is 30.7 Å². The van der Waals surface area contributed by atoms with E-state index in [0.717, 1.165) is 5.75 Å². The highest BCUT2D eigenvalue weighted by Gasteiger charge is 2.07. The van der Waals surface area contributed by atoms with Crippen molar-refractivity contribution in [2.75, 3.05) is 12.4 Å². The Hall–Kier alpha value is -1.60. The molecule has 0 amide bonds. The average molecular weight is 284 g/mol. The first-order valence-electron chi connectivity index (χ1n) is 5.72. The Balaban J connectivity index is 1.81. The Labute approximate surface area is 113 Å². The maximum atomic E-state index is 12.7. The molecule has 0 saturated carbocycles. The topological polar surface area (TPSA) is 68.4 Å². The van der Waals surface area contributed by atoms with Gasteiger partial charge in [0.25, 0.3) is 11.1 Å². The third kappa shape index (κ3) is 4.53. The second-order valence-electron chi connectivity index (χ2n) is 3.63. The molecule has 0 radical (unpaired) electrons. The normalized spacial score (nSPS) is 10.6. The summed E-state index contributed by atoms with van der Waals surface area (Å²) in [6, 6.07) is 5.70. The molecular formula is C12H13FN2O3S. The van der Waals surface area contributed by atoms with Crippen LogP contribution in [0.4, 0.5) is 4.39 Å². The third-order valence-corrected chi connectivity index (χ3v) is 3.06. The minimum absolute atomic E-state index is 0.138. The van der Waals surface area contributed by atoms with Crippen molar-refractivity contribution in [3.8, 4) is 5.75 Å². The summed E-state index contributed by atoms with van der Waals surface area (Å²) in [6.07, 6.45) is 0.675. The molecular weight excluding hydrogens is 271 g/mol.